The number of carbonyl (C=O) groups excluding carboxylic acids is 2. The van der Waals surface area contributed by atoms with Gasteiger partial charge in [-0.15, -0.1) is 0 Å². The molecule has 162 valence electrons. The van der Waals surface area contributed by atoms with Gasteiger partial charge in [-0.2, -0.15) is 18.3 Å². The molecule has 4 rings (SSSR count). The molecule has 0 saturated heterocycles. The number of alkyl halides is 3. The van der Waals surface area contributed by atoms with Crippen LogP contribution in [0.4, 0.5) is 19.0 Å². The van der Waals surface area contributed by atoms with E-state index >= 15 is 0 Å². The van der Waals surface area contributed by atoms with E-state index in [0.717, 1.165) is 16.3 Å². The number of aromatic nitrogens is 2. The van der Waals surface area contributed by atoms with Crippen LogP contribution in [-0.2, 0) is 16.0 Å². The first-order valence-corrected chi connectivity index (χ1v) is 9.99. The Labute approximate surface area is 176 Å². The summed E-state index contributed by atoms with van der Waals surface area (Å²) >= 11 is 0. The third-order valence-electron chi connectivity index (χ3n) is 5.55. The number of halogens is 3. The van der Waals surface area contributed by atoms with Crippen molar-refractivity contribution in [2.24, 2.45) is 0 Å². The number of benzene rings is 2. The molecule has 0 aliphatic heterocycles. The first-order chi connectivity index (χ1) is 14.8. The van der Waals surface area contributed by atoms with Crippen LogP contribution in [0.5, 0.6) is 0 Å². The molecule has 2 unspecified atom stereocenters. The van der Waals surface area contributed by atoms with Gasteiger partial charge in [-0.05, 0) is 35.6 Å². The Morgan fingerprint density at radius 3 is 2.68 bits per heavy atom. The van der Waals surface area contributed by atoms with Crippen molar-refractivity contribution in [2.45, 2.75) is 43.8 Å². The fraction of sp³-hybridized carbons (Fsp3) is 0.318. The molecule has 0 bridgehead atoms. The molecular weight excluding hydrogens is 409 g/mol. The highest BCUT2D eigenvalue weighted by Crippen LogP contribution is 2.34. The molecule has 0 radical (unpaired) electrons. The molecule has 31 heavy (non-hydrogen) atoms. The molecule has 1 aliphatic carbocycles. The van der Waals surface area contributed by atoms with Gasteiger partial charge >= 0.3 is 12.1 Å². The maximum Gasteiger partial charge on any atom is 0.471 e. The number of carbonyl (C=O) groups is 2. The van der Waals surface area contributed by atoms with Crippen LogP contribution in [0.3, 0.4) is 0 Å². The van der Waals surface area contributed by atoms with E-state index in [-0.39, 0.29) is 18.2 Å². The number of nitrogens with one attached hydrogen (secondary N) is 3. The summed E-state index contributed by atoms with van der Waals surface area (Å²) in [6.07, 6.45) is -3.26. The molecule has 2 atom stereocenters. The predicted octanol–water partition coefficient (Wildman–Crippen LogP) is 4.06. The summed E-state index contributed by atoms with van der Waals surface area (Å²) in [6, 6.07) is 14.8. The summed E-state index contributed by atoms with van der Waals surface area (Å²) in [6.45, 7) is 0. The molecule has 1 saturated carbocycles. The van der Waals surface area contributed by atoms with Crippen LogP contribution in [0.1, 0.15) is 36.4 Å². The van der Waals surface area contributed by atoms with Crippen molar-refractivity contribution in [1.82, 2.24) is 15.5 Å². The maximum absolute atomic E-state index is 12.5. The average molecular weight is 430 g/mol. The Bertz CT molecular complexity index is 1100. The van der Waals surface area contributed by atoms with Crippen molar-refractivity contribution in [2.75, 3.05) is 5.32 Å². The lowest BCUT2D eigenvalue weighted by molar-refractivity contribution is -0.174. The number of amides is 2. The summed E-state index contributed by atoms with van der Waals surface area (Å²) in [7, 11) is 0. The van der Waals surface area contributed by atoms with Crippen LogP contribution in [-0.4, -0.2) is 34.2 Å². The van der Waals surface area contributed by atoms with Crippen molar-refractivity contribution >= 4 is 28.4 Å². The molecule has 1 heterocycles. The van der Waals surface area contributed by atoms with Crippen LogP contribution in [0.2, 0.25) is 0 Å². The van der Waals surface area contributed by atoms with Crippen LogP contribution in [0, 0.1) is 0 Å². The quantitative estimate of drug-likeness (QED) is 0.571. The summed E-state index contributed by atoms with van der Waals surface area (Å²) < 4.78 is 37.3. The van der Waals surface area contributed by atoms with E-state index in [1.165, 1.54) is 0 Å². The molecular formula is C22H21F3N4O2. The van der Waals surface area contributed by atoms with Crippen LogP contribution >= 0.6 is 0 Å². The maximum atomic E-state index is 12.5. The fourth-order valence-electron chi connectivity index (χ4n) is 4.07. The molecule has 2 aromatic carbocycles. The van der Waals surface area contributed by atoms with Crippen LogP contribution in [0.25, 0.3) is 10.8 Å². The summed E-state index contributed by atoms with van der Waals surface area (Å²) in [5.41, 5.74) is 1.57. The number of nitrogens with zero attached hydrogens (tertiary/aromatic N) is 1. The van der Waals surface area contributed by atoms with Gasteiger partial charge in [0.05, 0.1) is 12.1 Å². The second kappa shape index (κ2) is 8.41. The lowest BCUT2D eigenvalue weighted by Gasteiger charge is -2.14. The minimum absolute atomic E-state index is 0.0847. The Morgan fingerprint density at radius 2 is 1.87 bits per heavy atom. The lowest BCUT2D eigenvalue weighted by Crippen LogP contribution is -2.42. The van der Waals surface area contributed by atoms with Gasteiger partial charge in [-0.3, -0.25) is 14.7 Å². The van der Waals surface area contributed by atoms with Gasteiger partial charge in [0, 0.05) is 18.0 Å². The Kier molecular flexibility index (Phi) is 5.67. The number of hydrogen-bond acceptors (Lipinski definition) is 3. The monoisotopic (exact) mass is 430 g/mol. The van der Waals surface area contributed by atoms with Gasteiger partial charge in [0.25, 0.3) is 0 Å². The van der Waals surface area contributed by atoms with Crippen molar-refractivity contribution in [1.29, 1.82) is 0 Å². The van der Waals surface area contributed by atoms with E-state index in [2.05, 4.69) is 15.5 Å². The Hall–Kier alpha value is -3.36. The number of hydrogen-bond donors (Lipinski definition) is 3. The Morgan fingerprint density at radius 1 is 1.10 bits per heavy atom. The van der Waals surface area contributed by atoms with Gasteiger partial charge in [-0.25, -0.2) is 0 Å². The van der Waals surface area contributed by atoms with Gasteiger partial charge in [0.1, 0.15) is 5.82 Å². The predicted molar refractivity (Wildman–Crippen MR) is 109 cm³/mol. The number of anilines is 1. The second-order valence-corrected chi connectivity index (χ2v) is 7.75. The summed E-state index contributed by atoms with van der Waals surface area (Å²) in [5, 5.41) is 13.9. The molecule has 1 fully saturated rings. The largest absolute Gasteiger partial charge is 0.471 e. The first-order valence-electron chi connectivity index (χ1n) is 9.99. The Balaban J connectivity index is 1.35. The van der Waals surface area contributed by atoms with E-state index in [4.69, 9.17) is 0 Å². The van der Waals surface area contributed by atoms with Gasteiger partial charge in [-0.1, -0.05) is 42.5 Å². The third-order valence-corrected chi connectivity index (χ3v) is 5.55. The average Bonchev–Trinajstić information content (AvgIpc) is 3.37. The van der Waals surface area contributed by atoms with Crippen molar-refractivity contribution < 1.29 is 22.8 Å². The number of aromatic amines is 1. The zero-order chi connectivity index (χ0) is 22.0. The van der Waals surface area contributed by atoms with E-state index in [9.17, 15) is 22.8 Å². The minimum atomic E-state index is -4.88. The molecule has 6 nitrogen and oxygen atoms in total. The molecule has 1 aliphatic rings. The topological polar surface area (TPSA) is 86.9 Å². The summed E-state index contributed by atoms with van der Waals surface area (Å²) in [5.74, 6) is -1.77. The van der Waals surface area contributed by atoms with Crippen LogP contribution < -0.4 is 10.6 Å². The highest BCUT2D eigenvalue weighted by molar-refractivity contribution is 5.95. The van der Waals surface area contributed by atoms with E-state index in [1.54, 1.807) is 6.07 Å². The molecule has 9 heteroatoms. The molecule has 3 aromatic rings. The van der Waals surface area contributed by atoms with E-state index < -0.39 is 18.1 Å². The van der Waals surface area contributed by atoms with Gasteiger partial charge < -0.3 is 10.6 Å². The van der Waals surface area contributed by atoms with E-state index in [1.807, 2.05) is 47.8 Å². The SMILES string of the molecule is O=C(Cc1cccc2ccccc12)Nc1cc(C2CCC(NC(=O)C(F)(F)F)C2)n[nH]1. The fourth-order valence-corrected chi connectivity index (χ4v) is 4.07. The van der Waals surface area contributed by atoms with Crippen molar-refractivity contribution in [3.05, 3.63) is 59.8 Å². The number of rotatable bonds is 5. The standard InChI is InChI=1S/C22H21F3N4O2/c23-22(24,25)21(31)26-16-9-8-15(10-16)18-12-19(29-28-18)27-20(30)11-14-6-3-5-13-4-1-2-7-17(13)14/h1-7,12,15-16H,8-11H2,(H,26,31)(H2,27,28,29,30). The minimum Gasteiger partial charge on any atom is -0.346 e. The van der Waals surface area contributed by atoms with E-state index in [0.29, 0.717) is 30.8 Å². The first kappa shape index (κ1) is 20.9. The number of H-pyrrole nitrogens is 1. The lowest BCUT2D eigenvalue weighted by atomic mass is 10.0. The van der Waals surface area contributed by atoms with Crippen molar-refractivity contribution in [3.8, 4) is 0 Å². The number of fused-ring (bicyclic) bond motifs is 1. The second-order valence-electron chi connectivity index (χ2n) is 7.75. The summed E-state index contributed by atoms with van der Waals surface area (Å²) in [4.78, 5) is 23.6. The van der Waals surface area contributed by atoms with Crippen LogP contribution in [0.15, 0.2) is 48.5 Å². The third kappa shape index (κ3) is 4.87. The molecule has 0 spiro atoms. The normalized spacial score (nSPS) is 18.8. The molecule has 1 aromatic heterocycles. The van der Waals surface area contributed by atoms with Crippen molar-refractivity contribution in [3.63, 3.8) is 0 Å². The highest BCUT2D eigenvalue weighted by Gasteiger charge is 2.41. The van der Waals surface area contributed by atoms with Gasteiger partial charge in [0.2, 0.25) is 5.91 Å². The highest BCUT2D eigenvalue weighted by atomic mass is 19.4. The zero-order valence-electron chi connectivity index (χ0n) is 16.5. The van der Waals surface area contributed by atoms with Gasteiger partial charge in [0.15, 0.2) is 0 Å². The molecule has 3 N–H and O–H groups in total. The zero-order valence-corrected chi connectivity index (χ0v) is 16.5. The molecule has 2 amide bonds. The smallest absolute Gasteiger partial charge is 0.346 e.